The zero-order valence-electron chi connectivity index (χ0n) is 16.2. The van der Waals surface area contributed by atoms with Crippen molar-refractivity contribution in [3.05, 3.63) is 46.4 Å². The maximum Gasteiger partial charge on any atom is 0.255 e. The van der Waals surface area contributed by atoms with Crippen molar-refractivity contribution in [3.8, 4) is 11.5 Å². The Bertz CT molecular complexity index is 822. The Morgan fingerprint density at radius 3 is 2.50 bits per heavy atom. The Kier molecular flexibility index (Phi) is 7.17. The van der Waals surface area contributed by atoms with Gasteiger partial charge in [-0.25, -0.2) is 0 Å². The van der Waals surface area contributed by atoms with E-state index in [1.807, 2.05) is 32.0 Å². The van der Waals surface area contributed by atoms with E-state index < -0.39 is 0 Å². The Balaban J connectivity index is 1.84. The maximum absolute atomic E-state index is 12.9. The number of benzene rings is 2. The van der Waals surface area contributed by atoms with Crippen LogP contribution in [0.25, 0.3) is 0 Å². The molecule has 1 N–H and O–H groups in total. The van der Waals surface area contributed by atoms with E-state index >= 15 is 0 Å². The fourth-order valence-electron chi connectivity index (χ4n) is 3.08. The summed E-state index contributed by atoms with van der Waals surface area (Å²) in [5.74, 6) is 1.01. The SMILES string of the molecule is CCOc1ccc(C(=O)Nc2cc(Br)ccc2N2CCOCC2)cc1OCC. The lowest BCUT2D eigenvalue weighted by molar-refractivity contribution is 0.102. The molecule has 0 atom stereocenters. The molecule has 0 saturated carbocycles. The number of halogens is 1. The van der Waals surface area contributed by atoms with Crippen molar-refractivity contribution < 1.29 is 19.0 Å². The second-order valence-corrected chi connectivity index (χ2v) is 7.16. The van der Waals surface area contributed by atoms with Crippen molar-refractivity contribution in [2.24, 2.45) is 0 Å². The molecule has 0 bridgehead atoms. The molecule has 0 unspecified atom stereocenters. The third-order valence-corrected chi connectivity index (χ3v) is 4.86. The van der Waals surface area contributed by atoms with E-state index in [9.17, 15) is 4.79 Å². The highest BCUT2D eigenvalue weighted by atomic mass is 79.9. The number of morpholine rings is 1. The summed E-state index contributed by atoms with van der Waals surface area (Å²) in [6, 6.07) is 11.1. The standard InChI is InChI=1S/C21H25BrN2O4/c1-3-27-19-8-5-15(13-20(19)28-4-2)21(25)23-17-14-16(22)6-7-18(17)24-9-11-26-12-10-24/h5-8,13-14H,3-4,9-12H2,1-2H3,(H,23,25). The van der Waals surface area contributed by atoms with Gasteiger partial charge < -0.3 is 24.4 Å². The number of carbonyl (C=O) groups excluding carboxylic acids is 1. The first-order chi connectivity index (χ1) is 13.6. The van der Waals surface area contributed by atoms with Gasteiger partial charge in [0.1, 0.15) is 0 Å². The van der Waals surface area contributed by atoms with Crippen LogP contribution >= 0.6 is 15.9 Å². The molecule has 3 rings (SSSR count). The van der Waals surface area contributed by atoms with Crippen LogP contribution in [0, 0.1) is 0 Å². The quantitative estimate of drug-likeness (QED) is 0.682. The van der Waals surface area contributed by atoms with E-state index in [4.69, 9.17) is 14.2 Å². The molecule has 0 aliphatic carbocycles. The van der Waals surface area contributed by atoms with Gasteiger partial charge in [0.25, 0.3) is 5.91 Å². The fraction of sp³-hybridized carbons (Fsp3) is 0.381. The van der Waals surface area contributed by atoms with Crippen LogP contribution in [0.1, 0.15) is 24.2 Å². The maximum atomic E-state index is 12.9. The first-order valence-corrected chi connectivity index (χ1v) is 10.2. The van der Waals surface area contributed by atoms with E-state index in [1.165, 1.54) is 0 Å². The second-order valence-electron chi connectivity index (χ2n) is 6.24. The third kappa shape index (κ3) is 4.97. The van der Waals surface area contributed by atoms with Crippen molar-refractivity contribution in [2.45, 2.75) is 13.8 Å². The highest BCUT2D eigenvalue weighted by Gasteiger charge is 2.18. The summed E-state index contributed by atoms with van der Waals surface area (Å²) < 4.78 is 17.6. The van der Waals surface area contributed by atoms with Crippen LogP contribution in [0.3, 0.4) is 0 Å². The van der Waals surface area contributed by atoms with E-state index in [2.05, 4.69) is 26.1 Å². The Labute approximate surface area is 173 Å². The molecule has 1 amide bonds. The van der Waals surface area contributed by atoms with Crippen LogP contribution in [0.2, 0.25) is 0 Å². The highest BCUT2D eigenvalue weighted by molar-refractivity contribution is 9.10. The monoisotopic (exact) mass is 448 g/mol. The van der Waals surface area contributed by atoms with Gasteiger partial charge >= 0.3 is 0 Å². The summed E-state index contributed by atoms with van der Waals surface area (Å²) in [6.45, 7) is 7.80. The lowest BCUT2D eigenvalue weighted by atomic mass is 10.1. The van der Waals surface area contributed by atoms with Crippen LogP contribution in [-0.4, -0.2) is 45.4 Å². The molecule has 0 radical (unpaired) electrons. The van der Waals surface area contributed by atoms with Crippen molar-refractivity contribution in [2.75, 3.05) is 49.7 Å². The summed E-state index contributed by atoms with van der Waals surface area (Å²) in [5, 5.41) is 3.04. The first-order valence-electron chi connectivity index (χ1n) is 9.45. The number of carbonyl (C=O) groups is 1. The van der Waals surface area contributed by atoms with Gasteiger partial charge in [0.05, 0.1) is 37.8 Å². The van der Waals surface area contributed by atoms with E-state index in [-0.39, 0.29) is 5.91 Å². The van der Waals surface area contributed by atoms with Crippen molar-refractivity contribution in [1.29, 1.82) is 0 Å². The Morgan fingerprint density at radius 2 is 1.79 bits per heavy atom. The minimum Gasteiger partial charge on any atom is -0.490 e. The number of nitrogens with one attached hydrogen (secondary N) is 1. The number of anilines is 2. The second kappa shape index (κ2) is 9.80. The van der Waals surface area contributed by atoms with E-state index in [0.717, 1.165) is 28.9 Å². The molecule has 0 aromatic heterocycles. The van der Waals surface area contributed by atoms with Crippen molar-refractivity contribution >= 4 is 33.2 Å². The van der Waals surface area contributed by atoms with Crippen molar-refractivity contribution in [1.82, 2.24) is 0 Å². The molecule has 2 aromatic rings. The molecule has 2 aromatic carbocycles. The molecule has 1 saturated heterocycles. The number of rotatable bonds is 7. The largest absolute Gasteiger partial charge is 0.490 e. The van der Waals surface area contributed by atoms with Gasteiger partial charge in [-0.2, -0.15) is 0 Å². The zero-order chi connectivity index (χ0) is 19.9. The van der Waals surface area contributed by atoms with Crippen molar-refractivity contribution in [3.63, 3.8) is 0 Å². The van der Waals surface area contributed by atoms with Gasteiger partial charge in [-0.15, -0.1) is 0 Å². The molecule has 150 valence electrons. The number of nitrogens with zero attached hydrogens (tertiary/aromatic N) is 1. The Hall–Kier alpha value is -2.25. The van der Waals surface area contributed by atoms with E-state index in [0.29, 0.717) is 43.5 Å². The molecule has 7 heteroatoms. The number of amides is 1. The summed E-state index contributed by atoms with van der Waals surface area (Å²) >= 11 is 3.49. The molecule has 1 heterocycles. The number of hydrogen-bond acceptors (Lipinski definition) is 5. The average Bonchev–Trinajstić information content (AvgIpc) is 2.70. The molecule has 1 fully saturated rings. The highest BCUT2D eigenvalue weighted by Crippen LogP contribution is 2.32. The smallest absolute Gasteiger partial charge is 0.255 e. The van der Waals surface area contributed by atoms with Gasteiger partial charge in [0.2, 0.25) is 0 Å². The molecule has 6 nitrogen and oxygen atoms in total. The summed E-state index contributed by atoms with van der Waals surface area (Å²) in [7, 11) is 0. The molecular formula is C21H25BrN2O4. The van der Waals surface area contributed by atoms with Gasteiger partial charge in [-0.3, -0.25) is 4.79 Å². The fourth-order valence-corrected chi connectivity index (χ4v) is 3.44. The van der Waals surface area contributed by atoms with Crippen LogP contribution < -0.4 is 19.7 Å². The molecule has 0 spiro atoms. The van der Waals surface area contributed by atoms with Crippen LogP contribution in [0.5, 0.6) is 11.5 Å². The Morgan fingerprint density at radius 1 is 1.07 bits per heavy atom. The molecule has 1 aliphatic heterocycles. The lowest BCUT2D eigenvalue weighted by Gasteiger charge is -2.30. The predicted molar refractivity (Wildman–Crippen MR) is 114 cm³/mol. The average molecular weight is 449 g/mol. The summed E-state index contributed by atoms with van der Waals surface area (Å²) in [4.78, 5) is 15.1. The van der Waals surface area contributed by atoms with Crippen LogP contribution in [0.4, 0.5) is 11.4 Å². The molecule has 1 aliphatic rings. The molecule has 28 heavy (non-hydrogen) atoms. The number of hydrogen-bond donors (Lipinski definition) is 1. The summed E-state index contributed by atoms with van der Waals surface area (Å²) in [6.07, 6.45) is 0. The third-order valence-electron chi connectivity index (χ3n) is 4.36. The van der Waals surface area contributed by atoms with E-state index in [1.54, 1.807) is 18.2 Å². The normalized spacial score (nSPS) is 13.9. The zero-order valence-corrected chi connectivity index (χ0v) is 17.8. The molecular weight excluding hydrogens is 424 g/mol. The lowest BCUT2D eigenvalue weighted by Crippen LogP contribution is -2.36. The minimum atomic E-state index is -0.198. The van der Waals surface area contributed by atoms with Crippen LogP contribution in [0.15, 0.2) is 40.9 Å². The first kappa shape index (κ1) is 20.5. The topological polar surface area (TPSA) is 60.0 Å². The minimum absolute atomic E-state index is 0.198. The van der Waals surface area contributed by atoms with Gasteiger partial charge in [0.15, 0.2) is 11.5 Å². The van der Waals surface area contributed by atoms with Gasteiger partial charge in [-0.1, -0.05) is 15.9 Å². The number of ether oxygens (including phenoxy) is 3. The van der Waals surface area contributed by atoms with Crippen LogP contribution in [-0.2, 0) is 4.74 Å². The summed E-state index contributed by atoms with van der Waals surface area (Å²) in [5.41, 5.74) is 2.25. The van der Waals surface area contributed by atoms with Gasteiger partial charge in [0, 0.05) is 23.1 Å². The predicted octanol–water partition coefficient (Wildman–Crippen LogP) is 4.34. The van der Waals surface area contributed by atoms with Gasteiger partial charge in [-0.05, 0) is 50.2 Å².